The second-order valence-electron chi connectivity index (χ2n) is 4.03. The molecule has 0 saturated carbocycles. The van der Waals surface area contributed by atoms with Gasteiger partial charge in [-0.15, -0.1) is 0 Å². The Morgan fingerprint density at radius 3 is 2.70 bits per heavy atom. The summed E-state index contributed by atoms with van der Waals surface area (Å²) in [6, 6.07) is 5.40. The van der Waals surface area contributed by atoms with E-state index in [1.54, 1.807) is 6.07 Å². The Kier molecular flexibility index (Phi) is 7.21. The largest absolute Gasteiger partial charge is 0.394 e. The van der Waals surface area contributed by atoms with Crippen LogP contribution in [0.25, 0.3) is 0 Å². The number of carbonyl (C=O) groups excluding carboxylic acids is 2. The topological polar surface area (TPSA) is 87.7 Å². The summed E-state index contributed by atoms with van der Waals surface area (Å²) in [4.78, 5) is 23.2. The summed E-state index contributed by atoms with van der Waals surface area (Å²) in [5.74, 6) is -1.47. The SMILES string of the molecule is Cc1ccc(NC(=O)C(=O)NCCOCCO)c(Br)c1. The molecule has 2 amide bonds. The van der Waals surface area contributed by atoms with Gasteiger partial charge in [-0.1, -0.05) is 6.07 Å². The molecule has 0 saturated heterocycles. The van der Waals surface area contributed by atoms with Crippen LogP contribution in [0.3, 0.4) is 0 Å². The summed E-state index contributed by atoms with van der Waals surface area (Å²) >= 11 is 3.32. The molecule has 0 spiro atoms. The molecule has 0 fully saturated rings. The molecule has 0 bridgehead atoms. The zero-order valence-corrected chi connectivity index (χ0v) is 12.7. The number of carbonyl (C=O) groups is 2. The molecule has 0 aliphatic carbocycles. The van der Waals surface area contributed by atoms with Crippen molar-refractivity contribution in [2.45, 2.75) is 6.92 Å². The molecule has 0 aromatic heterocycles. The Morgan fingerprint density at radius 1 is 1.30 bits per heavy atom. The lowest BCUT2D eigenvalue weighted by atomic mass is 10.2. The van der Waals surface area contributed by atoms with E-state index in [-0.39, 0.29) is 26.4 Å². The van der Waals surface area contributed by atoms with E-state index in [0.717, 1.165) is 5.56 Å². The number of amides is 2. The fourth-order valence-corrected chi connectivity index (χ4v) is 1.98. The van der Waals surface area contributed by atoms with Crippen molar-refractivity contribution in [1.82, 2.24) is 5.32 Å². The summed E-state index contributed by atoms with van der Waals surface area (Å²) in [6.45, 7) is 2.51. The normalized spacial score (nSPS) is 10.2. The van der Waals surface area contributed by atoms with Gasteiger partial charge in [-0.25, -0.2) is 0 Å². The first kappa shape index (κ1) is 16.6. The molecular weight excluding hydrogens is 328 g/mol. The Morgan fingerprint density at radius 2 is 2.05 bits per heavy atom. The third kappa shape index (κ3) is 5.68. The third-order valence-corrected chi connectivity index (χ3v) is 3.00. The average molecular weight is 345 g/mol. The van der Waals surface area contributed by atoms with E-state index >= 15 is 0 Å². The second-order valence-corrected chi connectivity index (χ2v) is 4.88. The maximum Gasteiger partial charge on any atom is 0.313 e. The van der Waals surface area contributed by atoms with Crippen molar-refractivity contribution in [3.8, 4) is 0 Å². The number of hydrogen-bond donors (Lipinski definition) is 3. The summed E-state index contributed by atoms with van der Waals surface area (Å²) in [7, 11) is 0. The molecule has 1 rings (SSSR count). The number of ether oxygens (including phenoxy) is 1. The molecule has 0 unspecified atom stereocenters. The predicted molar refractivity (Wildman–Crippen MR) is 78.4 cm³/mol. The molecule has 1 aromatic carbocycles. The van der Waals surface area contributed by atoms with Gasteiger partial charge in [0, 0.05) is 11.0 Å². The van der Waals surface area contributed by atoms with Crippen molar-refractivity contribution in [3.63, 3.8) is 0 Å². The van der Waals surface area contributed by atoms with Gasteiger partial charge in [-0.2, -0.15) is 0 Å². The van der Waals surface area contributed by atoms with Crippen LogP contribution >= 0.6 is 15.9 Å². The van der Waals surface area contributed by atoms with E-state index in [4.69, 9.17) is 9.84 Å². The highest BCUT2D eigenvalue weighted by atomic mass is 79.9. The van der Waals surface area contributed by atoms with Crippen LogP contribution in [-0.4, -0.2) is 43.3 Å². The van der Waals surface area contributed by atoms with Crippen molar-refractivity contribution in [2.75, 3.05) is 31.7 Å². The van der Waals surface area contributed by atoms with Gasteiger partial charge in [0.15, 0.2) is 0 Å². The van der Waals surface area contributed by atoms with E-state index in [1.807, 2.05) is 19.1 Å². The van der Waals surface area contributed by atoms with E-state index in [9.17, 15) is 9.59 Å². The minimum absolute atomic E-state index is 0.0735. The number of aryl methyl sites for hydroxylation is 1. The minimum Gasteiger partial charge on any atom is -0.394 e. The van der Waals surface area contributed by atoms with Crippen LogP contribution in [0.5, 0.6) is 0 Å². The maximum absolute atomic E-state index is 11.6. The van der Waals surface area contributed by atoms with Gasteiger partial charge in [0.25, 0.3) is 0 Å². The molecular formula is C13H17BrN2O4. The molecule has 20 heavy (non-hydrogen) atoms. The molecule has 6 nitrogen and oxygen atoms in total. The Labute approximate surface area is 125 Å². The lowest BCUT2D eigenvalue weighted by Gasteiger charge is -2.08. The standard InChI is InChI=1S/C13H17BrN2O4/c1-9-2-3-11(10(14)8-9)16-13(19)12(18)15-4-6-20-7-5-17/h2-3,8,17H,4-7H2,1H3,(H,15,18)(H,16,19). The van der Waals surface area contributed by atoms with E-state index in [2.05, 4.69) is 26.6 Å². The lowest BCUT2D eigenvalue weighted by Crippen LogP contribution is -2.37. The van der Waals surface area contributed by atoms with Gasteiger partial charge < -0.3 is 20.5 Å². The highest BCUT2D eigenvalue weighted by molar-refractivity contribution is 9.10. The smallest absolute Gasteiger partial charge is 0.313 e. The molecule has 0 radical (unpaired) electrons. The molecule has 0 heterocycles. The van der Waals surface area contributed by atoms with Gasteiger partial charge in [0.05, 0.1) is 25.5 Å². The first-order chi connectivity index (χ1) is 9.54. The highest BCUT2D eigenvalue weighted by Crippen LogP contribution is 2.23. The first-order valence-electron chi connectivity index (χ1n) is 6.08. The summed E-state index contributed by atoms with van der Waals surface area (Å²) in [6.07, 6.45) is 0. The lowest BCUT2D eigenvalue weighted by molar-refractivity contribution is -0.136. The monoisotopic (exact) mass is 344 g/mol. The van der Waals surface area contributed by atoms with E-state index in [0.29, 0.717) is 10.2 Å². The van der Waals surface area contributed by atoms with Gasteiger partial charge in [-0.05, 0) is 40.5 Å². The number of hydrogen-bond acceptors (Lipinski definition) is 4. The molecule has 110 valence electrons. The van der Waals surface area contributed by atoms with Gasteiger partial charge in [-0.3, -0.25) is 9.59 Å². The number of halogens is 1. The second kappa shape index (κ2) is 8.68. The Balaban J connectivity index is 2.39. The fraction of sp³-hybridized carbons (Fsp3) is 0.385. The third-order valence-electron chi connectivity index (χ3n) is 2.35. The Hall–Kier alpha value is -1.44. The number of aliphatic hydroxyl groups is 1. The average Bonchev–Trinajstić information content (AvgIpc) is 2.41. The van der Waals surface area contributed by atoms with Crippen LogP contribution in [0.2, 0.25) is 0 Å². The van der Waals surface area contributed by atoms with E-state index < -0.39 is 11.8 Å². The Bertz CT molecular complexity index is 479. The molecule has 0 aliphatic rings. The van der Waals surface area contributed by atoms with Crippen LogP contribution in [0.15, 0.2) is 22.7 Å². The van der Waals surface area contributed by atoms with Gasteiger partial charge in [0.2, 0.25) is 0 Å². The van der Waals surface area contributed by atoms with Crippen molar-refractivity contribution < 1.29 is 19.4 Å². The van der Waals surface area contributed by atoms with Crippen LogP contribution in [-0.2, 0) is 14.3 Å². The van der Waals surface area contributed by atoms with Crippen LogP contribution < -0.4 is 10.6 Å². The van der Waals surface area contributed by atoms with Crippen LogP contribution in [0.4, 0.5) is 5.69 Å². The number of benzene rings is 1. The predicted octanol–water partition coefficient (Wildman–Crippen LogP) is 0.821. The summed E-state index contributed by atoms with van der Waals surface area (Å²) in [5.41, 5.74) is 1.58. The van der Waals surface area contributed by atoms with Gasteiger partial charge >= 0.3 is 11.8 Å². The zero-order chi connectivity index (χ0) is 15.0. The van der Waals surface area contributed by atoms with Crippen molar-refractivity contribution in [2.24, 2.45) is 0 Å². The van der Waals surface area contributed by atoms with E-state index in [1.165, 1.54) is 0 Å². The molecule has 0 atom stereocenters. The van der Waals surface area contributed by atoms with Crippen molar-refractivity contribution >= 4 is 33.4 Å². The van der Waals surface area contributed by atoms with Crippen molar-refractivity contribution in [1.29, 1.82) is 0 Å². The molecule has 3 N–H and O–H groups in total. The quantitative estimate of drug-likeness (QED) is 0.526. The molecule has 7 heteroatoms. The van der Waals surface area contributed by atoms with Gasteiger partial charge in [0.1, 0.15) is 0 Å². The number of rotatable bonds is 6. The number of aliphatic hydroxyl groups excluding tert-OH is 1. The molecule has 1 aromatic rings. The minimum atomic E-state index is -0.739. The zero-order valence-electron chi connectivity index (χ0n) is 11.1. The van der Waals surface area contributed by atoms with Crippen molar-refractivity contribution in [3.05, 3.63) is 28.2 Å². The molecule has 0 aliphatic heterocycles. The fourth-order valence-electron chi connectivity index (χ4n) is 1.38. The van der Waals surface area contributed by atoms with Crippen LogP contribution in [0, 0.1) is 6.92 Å². The highest BCUT2D eigenvalue weighted by Gasteiger charge is 2.14. The number of nitrogens with one attached hydrogen (secondary N) is 2. The number of anilines is 1. The van der Waals surface area contributed by atoms with Crippen LogP contribution in [0.1, 0.15) is 5.56 Å². The summed E-state index contributed by atoms with van der Waals surface area (Å²) < 4.78 is 5.67. The first-order valence-corrected chi connectivity index (χ1v) is 6.88. The maximum atomic E-state index is 11.6. The summed E-state index contributed by atoms with van der Waals surface area (Å²) in [5, 5.41) is 13.4.